The number of nitrogens with zero attached hydrogens (tertiary/aromatic N) is 1. The molecule has 0 aliphatic heterocycles. The van der Waals surface area contributed by atoms with E-state index in [1.54, 1.807) is 0 Å². The smallest absolute Gasteiger partial charge is 0.150 e. The van der Waals surface area contributed by atoms with Crippen LogP contribution in [-0.2, 0) is 0 Å². The third-order valence-electron chi connectivity index (χ3n) is 0.849. The van der Waals surface area contributed by atoms with E-state index >= 15 is 0 Å². The summed E-state index contributed by atoms with van der Waals surface area (Å²) in [5.74, 6) is -0.408. The van der Waals surface area contributed by atoms with Gasteiger partial charge in [0.2, 0.25) is 0 Å². The monoisotopic (exact) mass is 238 g/mol. The maximum Gasteiger partial charge on any atom is 0.150 e. The van der Waals surface area contributed by atoms with Crippen molar-refractivity contribution in [3.05, 3.63) is 21.8 Å². The van der Waals surface area contributed by atoms with Crippen LogP contribution in [0.3, 0.4) is 0 Å². The highest BCUT2D eigenvalue weighted by atomic mass is 127. The molecule has 0 fully saturated rings. The van der Waals surface area contributed by atoms with Gasteiger partial charge in [-0.2, -0.15) is 0 Å². The van der Waals surface area contributed by atoms with Gasteiger partial charge in [0.05, 0.1) is 11.9 Å². The normalized spacial score (nSPS) is 9.56. The van der Waals surface area contributed by atoms with E-state index in [1.807, 2.05) is 22.6 Å². The topological polar surface area (TPSA) is 38.9 Å². The first-order chi connectivity index (χ1) is 4.20. The number of hydrogen-bond donors (Lipinski definition) is 1. The van der Waals surface area contributed by atoms with Crippen molar-refractivity contribution in [1.29, 1.82) is 0 Å². The zero-order valence-corrected chi connectivity index (χ0v) is 6.59. The van der Waals surface area contributed by atoms with Crippen LogP contribution >= 0.6 is 22.6 Å². The van der Waals surface area contributed by atoms with Crippen molar-refractivity contribution >= 4 is 28.3 Å². The van der Waals surface area contributed by atoms with Gasteiger partial charge in [-0.1, -0.05) is 0 Å². The minimum Gasteiger partial charge on any atom is -0.395 e. The molecule has 4 heteroatoms. The Kier molecular flexibility index (Phi) is 1.84. The summed E-state index contributed by atoms with van der Waals surface area (Å²) >= 11 is 1.92. The zero-order chi connectivity index (χ0) is 6.85. The minimum absolute atomic E-state index is 0.0930. The molecule has 0 spiro atoms. The average Bonchev–Trinajstić information content (AvgIpc) is 1.80. The zero-order valence-electron chi connectivity index (χ0n) is 4.44. The molecule has 0 amide bonds. The van der Waals surface area contributed by atoms with Crippen molar-refractivity contribution < 1.29 is 4.39 Å². The lowest BCUT2D eigenvalue weighted by atomic mass is 10.4. The Morgan fingerprint density at radius 1 is 1.67 bits per heavy atom. The predicted molar refractivity (Wildman–Crippen MR) is 41.3 cm³/mol. The molecule has 0 bridgehead atoms. The molecule has 0 saturated carbocycles. The molecular formula is C5H4FIN2. The quantitative estimate of drug-likeness (QED) is 0.548. The van der Waals surface area contributed by atoms with Gasteiger partial charge in [0, 0.05) is 6.07 Å². The number of hydrogen-bond acceptors (Lipinski definition) is 2. The van der Waals surface area contributed by atoms with E-state index in [0.29, 0.717) is 3.70 Å². The van der Waals surface area contributed by atoms with Crippen molar-refractivity contribution in [2.45, 2.75) is 0 Å². The fraction of sp³-hybridized carbons (Fsp3) is 0. The van der Waals surface area contributed by atoms with Gasteiger partial charge in [0.15, 0.2) is 0 Å². The van der Waals surface area contributed by atoms with Gasteiger partial charge in [-0.15, -0.1) is 0 Å². The second-order valence-corrected chi connectivity index (χ2v) is 2.63. The number of nitrogen functional groups attached to an aromatic ring is 1. The molecule has 0 radical (unpaired) electrons. The highest BCUT2D eigenvalue weighted by Crippen LogP contribution is 2.09. The molecule has 1 heterocycles. The van der Waals surface area contributed by atoms with E-state index in [4.69, 9.17) is 5.73 Å². The molecule has 0 aliphatic rings. The maximum absolute atomic E-state index is 12.4. The molecule has 0 aliphatic carbocycles. The van der Waals surface area contributed by atoms with Crippen LogP contribution in [0.15, 0.2) is 12.3 Å². The number of aromatic nitrogens is 1. The van der Waals surface area contributed by atoms with Crippen LogP contribution < -0.4 is 5.73 Å². The second-order valence-electron chi connectivity index (χ2n) is 1.53. The minimum atomic E-state index is -0.408. The summed E-state index contributed by atoms with van der Waals surface area (Å²) < 4.78 is 13.0. The van der Waals surface area contributed by atoms with E-state index in [9.17, 15) is 4.39 Å². The predicted octanol–water partition coefficient (Wildman–Crippen LogP) is 1.41. The van der Waals surface area contributed by atoms with Crippen LogP contribution in [0.5, 0.6) is 0 Å². The van der Waals surface area contributed by atoms with E-state index in [2.05, 4.69) is 4.98 Å². The van der Waals surface area contributed by atoms with Crippen molar-refractivity contribution in [2.24, 2.45) is 0 Å². The van der Waals surface area contributed by atoms with E-state index in [-0.39, 0.29) is 5.69 Å². The van der Waals surface area contributed by atoms with Crippen molar-refractivity contribution in [3.63, 3.8) is 0 Å². The third kappa shape index (κ3) is 1.51. The second kappa shape index (κ2) is 2.47. The summed E-state index contributed by atoms with van der Waals surface area (Å²) in [5.41, 5.74) is 5.24. The average molecular weight is 238 g/mol. The van der Waals surface area contributed by atoms with Gasteiger partial charge in [0.25, 0.3) is 0 Å². The number of halogens is 2. The molecule has 0 aromatic carbocycles. The first kappa shape index (κ1) is 6.73. The van der Waals surface area contributed by atoms with Gasteiger partial charge >= 0.3 is 0 Å². The summed E-state index contributed by atoms with van der Waals surface area (Å²) in [5, 5.41) is 0. The van der Waals surface area contributed by atoms with E-state index in [1.165, 1.54) is 12.3 Å². The van der Waals surface area contributed by atoms with Crippen LogP contribution in [0.25, 0.3) is 0 Å². The van der Waals surface area contributed by atoms with E-state index < -0.39 is 5.82 Å². The van der Waals surface area contributed by atoms with Gasteiger partial charge in [0.1, 0.15) is 9.52 Å². The molecule has 0 atom stereocenters. The lowest BCUT2D eigenvalue weighted by Crippen LogP contribution is -1.92. The number of rotatable bonds is 0. The molecular weight excluding hydrogens is 234 g/mol. The molecule has 1 rings (SSSR count). The first-order valence-corrected chi connectivity index (χ1v) is 3.34. The van der Waals surface area contributed by atoms with Gasteiger partial charge in [-0.3, -0.25) is 0 Å². The van der Waals surface area contributed by atoms with Crippen molar-refractivity contribution in [3.8, 4) is 0 Å². The Morgan fingerprint density at radius 3 is 2.78 bits per heavy atom. The summed E-state index contributed by atoms with van der Waals surface area (Å²) in [6.45, 7) is 0. The summed E-state index contributed by atoms with van der Waals surface area (Å²) in [6.07, 6.45) is 1.30. The van der Waals surface area contributed by atoms with Crippen LogP contribution in [0.2, 0.25) is 0 Å². The fourth-order valence-corrected chi connectivity index (χ4v) is 0.831. The molecule has 2 nitrogen and oxygen atoms in total. The summed E-state index contributed by atoms with van der Waals surface area (Å²) in [7, 11) is 0. The SMILES string of the molecule is Nc1cnc(I)cc1F. The molecule has 48 valence electrons. The molecule has 0 saturated heterocycles. The summed E-state index contributed by atoms with van der Waals surface area (Å²) in [6, 6.07) is 1.29. The Bertz CT molecular complexity index is 226. The van der Waals surface area contributed by atoms with Crippen LogP contribution in [0.1, 0.15) is 0 Å². The van der Waals surface area contributed by atoms with E-state index in [0.717, 1.165) is 0 Å². The van der Waals surface area contributed by atoms with Crippen molar-refractivity contribution in [2.75, 3.05) is 5.73 Å². The largest absolute Gasteiger partial charge is 0.395 e. The lowest BCUT2D eigenvalue weighted by Gasteiger charge is -1.93. The highest BCUT2D eigenvalue weighted by Gasteiger charge is 1.96. The lowest BCUT2D eigenvalue weighted by molar-refractivity contribution is 0.629. The Morgan fingerprint density at radius 2 is 2.33 bits per heavy atom. The standard InChI is InChI=1S/C5H4FIN2/c6-3-1-5(7)9-2-4(3)8/h1-2H,8H2. The molecule has 2 N–H and O–H groups in total. The Hall–Kier alpha value is -0.390. The highest BCUT2D eigenvalue weighted by molar-refractivity contribution is 14.1. The Labute approximate surface area is 65.4 Å². The Balaban J connectivity index is 3.17. The van der Waals surface area contributed by atoms with Gasteiger partial charge in [-0.25, -0.2) is 9.37 Å². The number of nitrogens with two attached hydrogens (primary N) is 1. The molecule has 1 aromatic rings. The van der Waals surface area contributed by atoms with Crippen LogP contribution in [-0.4, -0.2) is 4.98 Å². The maximum atomic E-state index is 12.4. The van der Waals surface area contributed by atoms with Gasteiger partial charge < -0.3 is 5.73 Å². The van der Waals surface area contributed by atoms with Crippen LogP contribution in [0.4, 0.5) is 10.1 Å². The molecule has 9 heavy (non-hydrogen) atoms. The molecule has 0 unspecified atom stereocenters. The third-order valence-corrected chi connectivity index (χ3v) is 1.44. The van der Waals surface area contributed by atoms with Crippen molar-refractivity contribution in [1.82, 2.24) is 4.98 Å². The fourth-order valence-electron chi connectivity index (χ4n) is 0.418. The number of pyridine rings is 1. The molecule has 1 aromatic heterocycles. The first-order valence-electron chi connectivity index (χ1n) is 2.26. The van der Waals surface area contributed by atoms with Gasteiger partial charge in [-0.05, 0) is 22.6 Å². The summed E-state index contributed by atoms with van der Waals surface area (Å²) in [4.78, 5) is 3.76. The van der Waals surface area contributed by atoms with Crippen LogP contribution in [0, 0.1) is 9.52 Å². The number of anilines is 1.